The Hall–Kier alpha value is -2.71. The number of hydrogen-bond acceptors (Lipinski definition) is 5. The van der Waals surface area contributed by atoms with Gasteiger partial charge in [0.1, 0.15) is 4.90 Å². The van der Waals surface area contributed by atoms with Crippen molar-refractivity contribution in [1.82, 2.24) is 5.32 Å². The van der Waals surface area contributed by atoms with Crippen LogP contribution in [0.2, 0.25) is 5.02 Å². The first-order valence-corrected chi connectivity index (χ1v) is 8.81. The molecular weight excluding hydrogens is 368 g/mol. The number of nitrogens with one attached hydrogen (secondary N) is 1. The fraction of sp³-hybridized carbons (Fsp3) is 0.0625. The predicted molar refractivity (Wildman–Crippen MR) is 92.5 cm³/mol. The molecular formula is C16H13ClN2O5S. The van der Waals surface area contributed by atoms with Crippen molar-refractivity contribution in [1.29, 1.82) is 0 Å². The van der Waals surface area contributed by atoms with Gasteiger partial charge in [-0.05, 0) is 30.3 Å². The van der Waals surface area contributed by atoms with Crippen LogP contribution in [0, 0.1) is 10.1 Å². The van der Waals surface area contributed by atoms with E-state index in [0.29, 0.717) is 0 Å². The lowest BCUT2D eigenvalue weighted by atomic mass is 10.2. The molecule has 0 unspecified atom stereocenters. The van der Waals surface area contributed by atoms with Gasteiger partial charge in [-0.1, -0.05) is 23.7 Å². The normalized spacial score (nSPS) is 10.9. The maximum atomic E-state index is 12.7. The molecule has 9 heteroatoms. The summed E-state index contributed by atoms with van der Waals surface area (Å²) in [5, 5.41) is 14.0. The number of benzene rings is 2. The summed E-state index contributed by atoms with van der Waals surface area (Å²) in [6, 6.07) is 8.58. The van der Waals surface area contributed by atoms with Crippen LogP contribution < -0.4 is 5.32 Å². The highest BCUT2D eigenvalue weighted by Crippen LogP contribution is 2.31. The van der Waals surface area contributed by atoms with Gasteiger partial charge >= 0.3 is 0 Å². The summed E-state index contributed by atoms with van der Waals surface area (Å²) in [5.41, 5.74) is -0.718. The minimum Gasteiger partial charge on any atom is -0.349 e. The molecule has 0 atom stereocenters. The van der Waals surface area contributed by atoms with Crippen molar-refractivity contribution in [3.63, 3.8) is 0 Å². The van der Waals surface area contributed by atoms with E-state index >= 15 is 0 Å². The summed E-state index contributed by atoms with van der Waals surface area (Å²) in [5.74, 6) is -0.574. The highest BCUT2D eigenvalue weighted by atomic mass is 35.5. The Morgan fingerprint density at radius 3 is 2.60 bits per heavy atom. The molecule has 0 heterocycles. The Morgan fingerprint density at radius 2 is 2.00 bits per heavy atom. The number of rotatable bonds is 6. The third kappa shape index (κ3) is 4.04. The van der Waals surface area contributed by atoms with Crippen LogP contribution in [0.15, 0.2) is 64.9 Å². The van der Waals surface area contributed by atoms with Crippen molar-refractivity contribution >= 4 is 33.0 Å². The van der Waals surface area contributed by atoms with Crippen LogP contribution in [-0.4, -0.2) is 25.8 Å². The van der Waals surface area contributed by atoms with Crippen molar-refractivity contribution in [2.45, 2.75) is 9.79 Å². The van der Waals surface area contributed by atoms with Gasteiger partial charge < -0.3 is 5.32 Å². The molecule has 2 aromatic carbocycles. The van der Waals surface area contributed by atoms with Crippen LogP contribution in [0.1, 0.15) is 10.4 Å². The summed E-state index contributed by atoms with van der Waals surface area (Å²) in [4.78, 5) is 21.7. The minimum absolute atomic E-state index is 0.0291. The van der Waals surface area contributed by atoms with E-state index in [1.54, 1.807) is 0 Å². The van der Waals surface area contributed by atoms with E-state index in [2.05, 4.69) is 11.9 Å². The molecule has 1 N–H and O–H groups in total. The molecule has 0 saturated heterocycles. The van der Waals surface area contributed by atoms with E-state index in [1.165, 1.54) is 36.4 Å². The molecule has 130 valence electrons. The van der Waals surface area contributed by atoms with Crippen molar-refractivity contribution in [2.75, 3.05) is 6.54 Å². The first kappa shape index (κ1) is 18.6. The highest BCUT2D eigenvalue weighted by molar-refractivity contribution is 7.91. The average molecular weight is 381 g/mol. The fourth-order valence-electron chi connectivity index (χ4n) is 2.06. The number of nitrogens with zero attached hydrogens (tertiary/aromatic N) is 1. The van der Waals surface area contributed by atoms with Crippen LogP contribution in [0.5, 0.6) is 0 Å². The summed E-state index contributed by atoms with van der Waals surface area (Å²) in [7, 11) is -4.17. The number of sulfone groups is 1. The third-order valence-electron chi connectivity index (χ3n) is 3.22. The Kier molecular flexibility index (Phi) is 5.55. The number of nitro groups is 1. The van der Waals surface area contributed by atoms with Gasteiger partial charge in [0.2, 0.25) is 9.84 Å². The number of carbonyl (C=O) groups is 1. The van der Waals surface area contributed by atoms with E-state index in [4.69, 9.17) is 11.6 Å². The van der Waals surface area contributed by atoms with E-state index in [9.17, 15) is 23.3 Å². The Balaban J connectivity index is 2.56. The maximum absolute atomic E-state index is 12.7. The monoisotopic (exact) mass is 380 g/mol. The van der Waals surface area contributed by atoms with Crippen LogP contribution in [0.25, 0.3) is 0 Å². The zero-order valence-electron chi connectivity index (χ0n) is 12.8. The van der Waals surface area contributed by atoms with Gasteiger partial charge in [-0.2, -0.15) is 0 Å². The van der Waals surface area contributed by atoms with E-state index in [-0.39, 0.29) is 22.0 Å². The van der Waals surface area contributed by atoms with Gasteiger partial charge in [-0.3, -0.25) is 14.9 Å². The number of hydrogen-bond donors (Lipinski definition) is 1. The van der Waals surface area contributed by atoms with E-state index < -0.39 is 31.3 Å². The van der Waals surface area contributed by atoms with E-state index in [0.717, 1.165) is 12.1 Å². The van der Waals surface area contributed by atoms with Crippen molar-refractivity contribution in [3.05, 3.63) is 75.8 Å². The molecule has 0 saturated carbocycles. The average Bonchev–Trinajstić information content (AvgIpc) is 2.59. The van der Waals surface area contributed by atoms with Crippen LogP contribution in [0.4, 0.5) is 5.69 Å². The molecule has 0 aliphatic heterocycles. The van der Waals surface area contributed by atoms with Crippen molar-refractivity contribution < 1.29 is 18.1 Å². The van der Waals surface area contributed by atoms with Gasteiger partial charge in [-0.25, -0.2) is 8.42 Å². The summed E-state index contributed by atoms with van der Waals surface area (Å²) in [6.07, 6.45) is 1.45. The Bertz CT molecular complexity index is 957. The molecule has 2 rings (SSSR count). The van der Waals surface area contributed by atoms with Crippen LogP contribution >= 0.6 is 11.6 Å². The van der Waals surface area contributed by atoms with Gasteiger partial charge in [0.25, 0.3) is 11.6 Å². The molecule has 0 aliphatic rings. The predicted octanol–water partition coefficient (Wildman–Crippen LogP) is 3.00. The van der Waals surface area contributed by atoms with Gasteiger partial charge in [0.15, 0.2) is 0 Å². The second-order valence-electron chi connectivity index (χ2n) is 4.90. The number of nitro benzene ring substituents is 1. The highest BCUT2D eigenvalue weighted by Gasteiger charge is 2.28. The zero-order valence-corrected chi connectivity index (χ0v) is 14.4. The van der Waals surface area contributed by atoms with Crippen LogP contribution in [-0.2, 0) is 9.84 Å². The molecule has 0 spiro atoms. The summed E-state index contributed by atoms with van der Waals surface area (Å²) in [6.45, 7) is 3.62. The number of halogens is 1. The zero-order chi connectivity index (χ0) is 18.6. The Labute approximate surface area is 149 Å². The van der Waals surface area contributed by atoms with Gasteiger partial charge in [0, 0.05) is 23.2 Å². The summed E-state index contributed by atoms with van der Waals surface area (Å²) >= 11 is 5.80. The second kappa shape index (κ2) is 7.45. The van der Waals surface area contributed by atoms with E-state index in [1.807, 2.05) is 0 Å². The SMILES string of the molecule is C=CCNC(=O)c1ccc(S(=O)(=O)c2cccc(Cl)c2)c([N+](=O)[O-])c1. The standard InChI is InChI=1S/C16H13ClN2O5S/c1-2-8-18-16(20)11-6-7-15(14(9-11)19(21)22)25(23,24)13-5-3-4-12(17)10-13/h2-7,9-10H,1,8H2,(H,18,20). The smallest absolute Gasteiger partial charge is 0.289 e. The molecule has 25 heavy (non-hydrogen) atoms. The molecule has 0 aliphatic carbocycles. The van der Waals surface area contributed by atoms with Crippen molar-refractivity contribution in [3.8, 4) is 0 Å². The van der Waals surface area contributed by atoms with Gasteiger partial charge in [-0.15, -0.1) is 6.58 Å². The first-order chi connectivity index (χ1) is 11.8. The molecule has 0 aromatic heterocycles. The molecule has 0 bridgehead atoms. The minimum atomic E-state index is -4.17. The molecule has 2 aromatic rings. The topological polar surface area (TPSA) is 106 Å². The lowest BCUT2D eigenvalue weighted by Gasteiger charge is -2.08. The maximum Gasteiger partial charge on any atom is 0.289 e. The molecule has 7 nitrogen and oxygen atoms in total. The Morgan fingerprint density at radius 1 is 1.28 bits per heavy atom. The van der Waals surface area contributed by atoms with Gasteiger partial charge in [0.05, 0.1) is 9.82 Å². The third-order valence-corrected chi connectivity index (χ3v) is 5.25. The second-order valence-corrected chi connectivity index (χ2v) is 7.25. The van der Waals surface area contributed by atoms with Crippen molar-refractivity contribution in [2.24, 2.45) is 0 Å². The molecule has 0 radical (unpaired) electrons. The number of amides is 1. The first-order valence-electron chi connectivity index (χ1n) is 6.95. The molecule has 0 fully saturated rings. The lowest BCUT2D eigenvalue weighted by Crippen LogP contribution is -2.23. The molecule has 1 amide bonds. The van der Waals surface area contributed by atoms with Crippen LogP contribution in [0.3, 0.4) is 0 Å². The largest absolute Gasteiger partial charge is 0.349 e. The number of carbonyl (C=O) groups excluding carboxylic acids is 1. The lowest BCUT2D eigenvalue weighted by molar-refractivity contribution is -0.387. The quantitative estimate of drug-likeness (QED) is 0.471. The fourth-order valence-corrected chi connectivity index (χ4v) is 3.76. The summed E-state index contributed by atoms with van der Waals surface area (Å²) < 4.78 is 25.4.